The van der Waals surface area contributed by atoms with E-state index in [0.29, 0.717) is 0 Å². The Kier molecular flexibility index (Phi) is 2.94. The standard InChI is InChI=1S/C11H16N2O3/c1-7-10(15)12-9(14)6-13(7)11(16)8-4-2-3-5-8/h7-8H,2-6H2,1H3,(H,12,14,15). The van der Waals surface area contributed by atoms with Crippen molar-refractivity contribution in [2.24, 2.45) is 5.92 Å². The average molecular weight is 224 g/mol. The van der Waals surface area contributed by atoms with Crippen molar-refractivity contribution >= 4 is 17.7 Å². The maximum absolute atomic E-state index is 12.1. The van der Waals surface area contributed by atoms with Crippen LogP contribution in [0.1, 0.15) is 32.6 Å². The summed E-state index contributed by atoms with van der Waals surface area (Å²) in [6, 6.07) is -0.522. The molecule has 5 heteroatoms. The van der Waals surface area contributed by atoms with Crippen LogP contribution in [0.4, 0.5) is 0 Å². The highest BCUT2D eigenvalue weighted by atomic mass is 16.2. The molecular formula is C11H16N2O3. The van der Waals surface area contributed by atoms with Gasteiger partial charge in [0.05, 0.1) is 0 Å². The normalized spacial score (nSPS) is 27.1. The van der Waals surface area contributed by atoms with E-state index in [1.807, 2.05) is 0 Å². The SMILES string of the molecule is CC1C(=O)NC(=O)CN1C(=O)C1CCCC1. The summed E-state index contributed by atoms with van der Waals surface area (Å²) in [6.07, 6.45) is 3.91. The summed E-state index contributed by atoms with van der Waals surface area (Å²) in [5.74, 6) is -0.772. The van der Waals surface area contributed by atoms with Crippen molar-refractivity contribution in [1.29, 1.82) is 0 Å². The van der Waals surface area contributed by atoms with Crippen LogP contribution < -0.4 is 5.32 Å². The number of rotatable bonds is 1. The van der Waals surface area contributed by atoms with Crippen molar-refractivity contribution in [3.05, 3.63) is 0 Å². The molecule has 0 bridgehead atoms. The average Bonchev–Trinajstić information content (AvgIpc) is 2.75. The number of imide groups is 1. The van der Waals surface area contributed by atoms with Crippen LogP contribution in [0.3, 0.4) is 0 Å². The molecule has 0 spiro atoms. The summed E-state index contributed by atoms with van der Waals surface area (Å²) in [4.78, 5) is 36.1. The lowest BCUT2D eigenvalue weighted by atomic mass is 10.0. The quantitative estimate of drug-likeness (QED) is 0.640. The first kappa shape index (κ1) is 11.1. The number of carbonyl (C=O) groups is 3. The second-order valence-electron chi connectivity index (χ2n) is 4.54. The van der Waals surface area contributed by atoms with E-state index in [2.05, 4.69) is 5.32 Å². The molecule has 1 saturated heterocycles. The predicted molar refractivity (Wildman–Crippen MR) is 56.3 cm³/mol. The number of amides is 3. The van der Waals surface area contributed by atoms with Gasteiger partial charge in [-0.05, 0) is 19.8 Å². The van der Waals surface area contributed by atoms with Gasteiger partial charge in [-0.1, -0.05) is 12.8 Å². The lowest BCUT2D eigenvalue weighted by Crippen LogP contribution is -2.59. The van der Waals surface area contributed by atoms with Crippen molar-refractivity contribution in [1.82, 2.24) is 10.2 Å². The molecule has 0 aromatic rings. The van der Waals surface area contributed by atoms with E-state index in [4.69, 9.17) is 0 Å². The summed E-state index contributed by atoms with van der Waals surface area (Å²) >= 11 is 0. The molecule has 1 aliphatic carbocycles. The molecule has 88 valence electrons. The molecule has 0 radical (unpaired) electrons. The monoisotopic (exact) mass is 224 g/mol. The minimum absolute atomic E-state index is 0.0150. The van der Waals surface area contributed by atoms with Crippen LogP contribution in [-0.2, 0) is 14.4 Å². The van der Waals surface area contributed by atoms with Crippen molar-refractivity contribution in [2.75, 3.05) is 6.54 Å². The molecule has 1 N–H and O–H groups in total. The van der Waals surface area contributed by atoms with E-state index < -0.39 is 6.04 Å². The summed E-state index contributed by atoms with van der Waals surface area (Å²) in [5.41, 5.74) is 0. The molecule has 1 atom stereocenters. The number of nitrogens with zero attached hydrogens (tertiary/aromatic N) is 1. The fourth-order valence-electron chi connectivity index (χ4n) is 2.39. The lowest BCUT2D eigenvalue weighted by Gasteiger charge is -2.33. The summed E-state index contributed by atoms with van der Waals surface area (Å²) in [5, 5.41) is 2.23. The van der Waals surface area contributed by atoms with E-state index in [1.54, 1.807) is 6.92 Å². The van der Waals surface area contributed by atoms with E-state index in [1.165, 1.54) is 4.90 Å². The second-order valence-corrected chi connectivity index (χ2v) is 4.54. The lowest BCUT2D eigenvalue weighted by molar-refractivity contribution is -0.151. The topological polar surface area (TPSA) is 66.5 Å². The Morgan fingerprint density at radius 2 is 1.94 bits per heavy atom. The minimum atomic E-state index is -0.522. The largest absolute Gasteiger partial charge is 0.321 e. The molecule has 16 heavy (non-hydrogen) atoms. The molecule has 3 amide bonds. The third-order valence-electron chi connectivity index (χ3n) is 3.41. The number of nitrogens with one attached hydrogen (secondary N) is 1. The summed E-state index contributed by atoms with van der Waals surface area (Å²) in [6.45, 7) is 1.68. The second kappa shape index (κ2) is 4.23. The maximum atomic E-state index is 12.1. The van der Waals surface area contributed by atoms with Gasteiger partial charge in [0.2, 0.25) is 17.7 Å². The number of piperazine rings is 1. The number of hydrogen-bond donors (Lipinski definition) is 1. The van der Waals surface area contributed by atoms with Gasteiger partial charge in [-0.25, -0.2) is 0 Å². The van der Waals surface area contributed by atoms with Crippen LogP contribution in [0.15, 0.2) is 0 Å². The Morgan fingerprint density at radius 3 is 2.56 bits per heavy atom. The van der Waals surface area contributed by atoms with E-state index >= 15 is 0 Å². The van der Waals surface area contributed by atoms with Gasteiger partial charge in [0.25, 0.3) is 0 Å². The van der Waals surface area contributed by atoms with Crippen LogP contribution in [0.25, 0.3) is 0 Å². The van der Waals surface area contributed by atoms with Gasteiger partial charge in [0, 0.05) is 5.92 Å². The molecule has 2 rings (SSSR count). The number of hydrogen-bond acceptors (Lipinski definition) is 3. The third kappa shape index (κ3) is 1.94. The molecule has 1 saturated carbocycles. The van der Waals surface area contributed by atoms with Gasteiger partial charge in [-0.15, -0.1) is 0 Å². The first-order valence-corrected chi connectivity index (χ1v) is 5.74. The summed E-state index contributed by atoms with van der Waals surface area (Å²) < 4.78 is 0. The Bertz CT molecular complexity index is 334. The Labute approximate surface area is 94.2 Å². The minimum Gasteiger partial charge on any atom is -0.321 e. The van der Waals surface area contributed by atoms with Gasteiger partial charge in [0.15, 0.2) is 0 Å². The highest BCUT2D eigenvalue weighted by Crippen LogP contribution is 2.27. The maximum Gasteiger partial charge on any atom is 0.249 e. The Morgan fingerprint density at radius 1 is 1.31 bits per heavy atom. The molecule has 0 aromatic heterocycles. The zero-order valence-electron chi connectivity index (χ0n) is 9.36. The molecule has 0 aromatic carbocycles. The Hall–Kier alpha value is -1.39. The van der Waals surface area contributed by atoms with Crippen LogP contribution in [0, 0.1) is 5.92 Å². The van der Waals surface area contributed by atoms with Crippen LogP contribution in [-0.4, -0.2) is 35.2 Å². The zero-order valence-corrected chi connectivity index (χ0v) is 9.36. The first-order valence-electron chi connectivity index (χ1n) is 5.74. The zero-order chi connectivity index (χ0) is 11.7. The molecule has 2 aliphatic rings. The van der Waals surface area contributed by atoms with Crippen LogP contribution in [0.5, 0.6) is 0 Å². The van der Waals surface area contributed by atoms with Gasteiger partial charge >= 0.3 is 0 Å². The molecule has 5 nitrogen and oxygen atoms in total. The fourth-order valence-corrected chi connectivity index (χ4v) is 2.39. The van der Waals surface area contributed by atoms with Crippen molar-refractivity contribution in [3.63, 3.8) is 0 Å². The predicted octanol–water partition coefficient (Wildman–Crippen LogP) is 0.0501. The van der Waals surface area contributed by atoms with Crippen molar-refractivity contribution < 1.29 is 14.4 Å². The molecule has 2 fully saturated rings. The molecular weight excluding hydrogens is 208 g/mol. The van der Waals surface area contributed by atoms with E-state index in [-0.39, 0.29) is 30.2 Å². The molecule has 1 unspecified atom stereocenters. The fraction of sp³-hybridized carbons (Fsp3) is 0.727. The van der Waals surface area contributed by atoms with Gasteiger partial charge < -0.3 is 4.90 Å². The van der Waals surface area contributed by atoms with E-state index in [0.717, 1.165) is 25.7 Å². The third-order valence-corrected chi connectivity index (χ3v) is 3.41. The number of carbonyl (C=O) groups excluding carboxylic acids is 3. The smallest absolute Gasteiger partial charge is 0.249 e. The highest BCUT2D eigenvalue weighted by Gasteiger charge is 2.37. The highest BCUT2D eigenvalue weighted by molar-refractivity contribution is 6.04. The van der Waals surface area contributed by atoms with Gasteiger partial charge in [0.1, 0.15) is 12.6 Å². The van der Waals surface area contributed by atoms with E-state index in [9.17, 15) is 14.4 Å². The van der Waals surface area contributed by atoms with Gasteiger partial charge in [-0.3, -0.25) is 19.7 Å². The van der Waals surface area contributed by atoms with Crippen molar-refractivity contribution in [3.8, 4) is 0 Å². The van der Waals surface area contributed by atoms with Crippen molar-refractivity contribution in [2.45, 2.75) is 38.6 Å². The molecule has 1 heterocycles. The van der Waals surface area contributed by atoms with Crippen LogP contribution >= 0.6 is 0 Å². The summed E-state index contributed by atoms with van der Waals surface area (Å²) in [7, 11) is 0. The first-order chi connectivity index (χ1) is 7.59. The molecule has 1 aliphatic heterocycles. The van der Waals surface area contributed by atoms with Gasteiger partial charge in [-0.2, -0.15) is 0 Å². The Balaban J connectivity index is 2.09. The van der Waals surface area contributed by atoms with Crippen LogP contribution in [0.2, 0.25) is 0 Å².